The van der Waals surface area contributed by atoms with Crippen LogP contribution in [0.15, 0.2) is 23.8 Å². The second-order valence-electron chi connectivity index (χ2n) is 2.98. The van der Waals surface area contributed by atoms with Crippen LogP contribution in [0.3, 0.4) is 0 Å². The highest BCUT2D eigenvalue weighted by Crippen LogP contribution is 2.31. The van der Waals surface area contributed by atoms with Gasteiger partial charge in [0.1, 0.15) is 0 Å². The highest BCUT2D eigenvalue weighted by Gasteiger charge is 2.20. The van der Waals surface area contributed by atoms with Crippen LogP contribution in [0.1, 0.15) is 13.8 Å². The van der Waals surface area contributed by atoms with Crippen molar-refractivity contribution in [3.63, 3.8) is 0 Å². The Labute approximate surface area is 56.2 Å². The molecule has 0 spiro atoms. The summed E-state index contributed by atoms with van der Waals surface area (Å²) in [4.78, 5) is 0. The van der Waals surface area contributed by atoms with E-state index < -0.39 is 0 Å². The van der Waals surface area contributed by atoms with Crippen molar-refractivity contribution in [1.29, 1.82) is 0 Å². The predicted octanol–water partition coefficient (Wildman–Crippen LogP) is 1.47. The summed E-state index contributed by atoms with van der Waals surface area (Å²) in [5, 5.41) is 0. The average Bonchev–Trinajstić information content (AvgIpc) is 2.08. The van der Waals surface area contributed by atoms with Gasteiger partial charge in [0.2, 0.25) is 0 Å². The quantitative estimate of drug-likeness (QED) is 0.561. The Morgan fingerprint density at radius 2 is 2.22 bits per heavy atom. The van der Waals surface area contributed by atoms with E-state index in [1.165, 1.54) is 5.57 Å². The van der Waals surface area contributed by atoms with Gasteiger partial charge in [-0.3, -0.25) is 0 Å². The molecular weight excluding hydrogens is 110 g/mol. The molecule has 9 heavy (non-hydrogen) atoms. The van der Waals surface area contributed by atoms with E-state index in [-0.39, 0.29) is 5.41 Å². The lowest BCUT2D eigenvalue weighted by molar-refractivity contribution is 0.579. The molecule has 0 heterocycles. The van der Waals surface area contributed by atoms with Crippen molar-refractivity contribution in [2.75, 3.05) is 6.54 Å². The monoisotopic (exact) mass is 123 g/mol. The molecule has 1 aliphatic carbocycles. The first-order chi connectivity index (χ1) is 4.17. The van der Waals surface area contributed by atoms with E-state index in [9.17, 15) is 0 Å². The molecule has 0 aromatic carbocycles. The van der Waals surface area contributed by atoms with Gasteiger partial charge in [-0.2, -0.15) is 0 Å². The van der Waals surface area contributed by atoms with E-state index in [0.29, 0.717) is 6.54 Å². The predicted molar refractivity (Wildman–Crippen MR) is 40.1 cm³/mol. The van der Waals surface area contributed by atoms with Crippen LogP contribution in [0.4, 0.5) is 0 Å². The van der Waals surface area contributed by atoms with Gasteiger partial charge in [-0.05, 0) is 5.57 Å². The molecule has 1 rings (SSSR count). The van der Waals surface area contributed by atoms with E-state index in [1.54, 1.807) is 0 Å². The molecule has 0 aromatic rings. The molecule has 0 amide bonds. The number of hydrogen-bond donors (Lipinski definition) is 1. The van der Waals surface area contributed by atoms with E-state index >= 15 is 0 Å². The zero-order valence-corrected chi connectivity index (χ0v) is 6.02. The van der Waals surface area contributed by atoms with Crippen molar-refractivity contribution in [2.45, 2.75) is 13.8 Å². The molecule has 0 fully saturated rings. The maximum absolute atomic E-state index is 5.50. The fourth-order valence-corrected chi connectivity index (χ4v) is 1.06. The van der Waals surface area contributed by atoms with Crippen LogP contribution in [-0.4, -0.2) is 6.54 Å². The Hall–Kier alpha value is -0.560. The molecular formula is C8H13N. The standard InChI is InChI=1S/C8H13N/c1-8(2)5-3-4-7(8)6-9/h3-5H,6,9H2,1-2H3. The van der Waals surface area contributed by atoms with E-state index in [2.05, 4.69) is 32.1 Å². The lowest BCUT2D eigenvalue weighted by Crippen LogP contribution is -2.16. The summed E-state index contributed by atoms with van der Waals surface area (Å²) < 4.78 is 0. The minimum Gasteiger partial charge on any atom is -0.327 e. The van der Waals surface area contributed by atoms with Crippen molar-refractivity contribution in [3.8, 4) is 0 Å². The SMILES string of the molecule is CC1(C)C=CC=C1CN. The smallest absolute Gasteiger partial charge is 0.0148 e. The number of rotatable bonds is 1. The van der Waals surface area contributed by atoms with Crippen molar-refractivity contribution in [3.05, 3.63) is 23.8 Å². The van der Waals surface area contributed by atoms with Crippen molar-refractivity contribution >= 4 is 0 Å². The van der Waals surface area contributed by atoms with E-state index in [1.807, 2.05) is 0 Å². The van der Waals surface area contributed by atoms with Gasteiger partial charge in [0, 0.05) is 12.0 Å². The fourth-order valence-electron chi connectivity index (χ4n) is 1.06. The van der Waals surface area contributed by atoms with Gasteiger partial charge in [0.25, 0.3) is 0 Å². The normalized spacial score (nSPS) is 22.3. The third-order valence-corrected chi connectivity index (χ3v) is 1.86. The van der Waals surface area contributed by atoms with E-state index in [0.717, 1.165) is 0 Å². The molecule has 50 valence electrons. The van der Waals surface area contributed by atoms with Crippen LogP contribution in [0.5, 0.6) is 0 Å². The number of allylic oxidation sites excluding steroid dienone is 3. The Balaban J connectivity index is 2.78. The summed E-state index contributed by atoms with van der Waals surface area (Å²) >= 11 is 0. The topological polar surface area (TPSA) is 26.0 Å². The lowest BCUT2D eigenvalue weighted by atomic mass is 9.88. The first-order valence-electron chi connectivity index (χ1n) is 3.26. The van der Waals surface area contributed by atoms with Gasteiger partial charge in [0.05, 0.1) is 0 Å². The van der Waals surface area contributed by atoms with Crippen LogP contribution >= 0.6 is 0 Å². The fraction of sp³-hybridized carbons (Fsp3) is 0.500. The Morgan fingerprint density at radius 1 is 1.56 bits per heavy atom. The highest BCUT2D eigenvalue weighted by atomic mass is 14.5. The van der Waals surface area contributed by atoms with Crippen molar-refractivity contribution < 1.29 is 0 Å². The second-order valence-corrected chi connectivity index (χ2v) is 2.98. The van der Waals surface area contributed by atoms with E-state index in [4.69, 9.17) is 5.73 Å². The third-order valence-electron chi connectivity index (χ3n) is 1.86. The van der Waals surface area contributed by atoms with Gasteiger partial charge < -0.3 is 5.73 Å². The summed E-state index contributed by atoms with van der Waals surface area (Å²) in [6, 6.07) is 0. The summed E-state index contributed by atoms with van der Waals surface area (Å²) in [6.07, 6.45) is 6.34. The minimum absolute atomic E-state index is 0.217. The average molecular weight is 123 g/mol. The van der Waals surface area contributed by atoms with Crippen LogP contribution < -0.4 is 5.73 Å². The molecule has 0 aromatic heterocycles. The van der Waals surface area contributed by atoms with Crippen LogP contribution in [0.25, 0.3) is 0 Å². The van der Waals surface area contributed by atoms with Gasteiger partial charge in [-0.1, -0.05) is 32.1 Å². The zero-order valence-electron chi connectivity index (χ0n) is 6.02. The summed E-state index contributed by atoms with van der Waals surface area (Å²) in [5.41, 5.74) is 7.04. The zero-order chi connectivity index (χ0) is 6.91. The molecule has 0 saturated carbocycles. The minimum atomic E-state index is 0.217. The largest absolute Gasteiger partial charge is 0.327 e. The Morgan fingerprint density at radius 3 is 2.44 bits per heavy atom. The summed E-state index contributed by atoms with van der Waals surface area (Å²) in [6.45, 7) is 5.03. The Kier molecular flexibility index (Phi) is 1.45. The molecule has 0 unspecified atom stereocenters. The molecule has 2 N–H and O–H groups in total. The number of hydrogen-bond acceptors (Lipinski definition) is 1. The van der Waals surface area contributed by atoms with Crippen LogP contribution in [-0.2, 0) is 0 Å². The molecule has 1 aliphatic rings. The first-order valence-corrected chi connectivity index (χ1v) is 3.26. The number of nitrogens with two attached hydrogens (primary N) is 1. The van der Waals surface area contributed by atoms with Gasteiger partial charge in [0.15, 0.2) is 0 Å². The van der Waals surface area contributed by atoms with Gasteiger partial charge in [-0.25, -0.2) is 0 Å². The molecule has 0 atom stereocenters. The first kappa shape index (κ1) is 6.56. The van der Waals surface area contributed by atoms with Gasteiger partial charge >= 0.3 is 0 Å². The summed E-state index contributed by atoms with van der Waals surface area (Å²) in [7, 11) is 0. The summed E-state index contributed by atoms with van der Waals surface area (Å²) in [5.74, 6) is 0. The highest BCUT2D eigenvalue weighted by molar-refractivity contribution is 5.32. The third kappa shape index (κ3) is 1.06. The second kappa shape index (κ2) is 1.99. The molecule has 0 radical (unpaired) electrons. The maximum Gasteiger partial charge on any atom is 0.0148 e. The van der Waals surface area contributed by atoms with Gasteiger partial charge in [-0.15, -0.1) is 0 Å². The van der Waals surface area contributed by atoms with Crippen LogP contribution in [0.2, 0.25) is 0 Å². The molecule has 0 bridgehead atoms. The molecule has 0 aliphatic heterocycles. The molecule has 0 saturated heterocycles. The molecule has 1 heteroatoms. The Bertz CT molecular complexity index is 163. The lowest BCUT2D eigenvalue weighted by Gasteiger charge is -2.18. The van der Waals surface area contributed by atoms with Crippen LogP contribution in [0, 0.1) is 5.41 Å². The molecule has 1 nitrogen and oxygen atoms in total. The van der Waals surface area contributed by atoms with Crippen molar-refractivity contribution in [2.24, 2.45) is 11.1 Å². The van der Waals surface area contributed by atoms with Crippen molar-refractivity contribution in [1.82, 2.24) is 0 Å². The maximum atomic E-state index is 5.50.